The van der Waals surface area contributed by atoms with Gasteiger partial charge >= 0.3 is 0 Å². The van der Waals surface area contributed by atoms with Gasteiger partial charge in [0.15, 0.2) is 5.60 Å². The molecule has 0 aromatic rings. The first-order chi connectivity index (χ1) is 4.52. The summed E-state index contributed by atoms with van der Waals surface area (Å²) in [7, 11) is 0. The maximum atomic E-state index is 9.67. The van der Waals surface area contributed by atoms with Crippen LogP contribution in [0.3, 0.4) is 0 Å². The minimum atomic E-state index is -1.06. The molecular formula is C8H13NO. The third kappa shape index (κ3) is 0.819. The van der Waals surface area contributed by atoms with Crippen LogP contribution in [-0.2, 0) is 0 Å². The molecule has 0 saturated heterocycles. The van der Waals surface area contributed by atoms with Gasteiger partial charge in [-0.1, -0.05) is 13.8 Å². The Kier molecular flexibility index (Phi) is 1.48. The predicted molar refractivity (Wildman–Crippen MR) is 38.2 cm³/mol. The van der Waals surface area contributed by atoms with E-state index in [1.54, 1.807) is 0 Å². The van der Waals surface area contributed by atoms with E-state index in [9.17, 15) is 5.11 Å². The molecule has 2 heteroatoms. The van der Waals surface area contributed by atoms with Crippen LogP contribution in [0, 0.1) is 16.7 Å². The molecule has 0 aromatic heterocycles. The average molecular weight is 139 g/mol. The summed E-state index contributed by atoms with van der Waals surface area (Å²) in [5, 5.41) is 18.3. The zero-order valence-electron chi connectivity index (χ0n) is 6.52. The van der Waals surface area contributed by atoms with Crippen LogP contribution in [-0.4, -0.2) is 10.7 Å². The molecule has 56 valence electrons. The van der Waals surface area contributed by atoms with Crippen LogP contribution < -0.4 is 0 Å². The number of rotatable bonds is 0. The molecule has 1 aliphatic carbocycles. The molecule has 0 aromatic carbocycles. The summed E-state index contributed by atoms with van der Waals surface area (Å²) >= 11 is 0. The molecule has 10 heavy (non-hydrogen) atoms. The summed E-state index contributed by atoms with van der Waals surface area (Å²) in [6, 6.07) is 1.99. The molecule has 2 nitrogen and oxygen atoms in total. The van der Waals surface area contributed by atoms with Crippen molar-refractivity contribution < 1.29 is 5.11 Å². The summed E-state index contributed by atoms with van der Waals surface area (Å²) in [5.74, 6) is 0. The van der Waals surface area contributed by atoms with Gasteiger partial charge in [0.25, 0.3) is 0 Å². The van der Waals surface area contributed by atoms with Crippen LogP contribution in [0.2, 0.25) is 0 Å². The van der Waals surface area contributed by atoms with Gasteiger partial charge in [-0.3, -0.25) is 0 Å². The zero-order valence-corrected chi connectivity index (χ0v) is 6.52. The van der Waals surface area contributed by atoms with Crippen LogP contribution in [0.5, 0.6) is 0 Å². The number of hydrogen-bond donors (Lipinski definition) is 1. The minimum Gasteiger partial charge on any atom is -0.375 e. The van der Waals surface area contributed by atoms with E-state index in [0.717, 1.165) is 12.8 Å². The van der Waals surface area contributed by atoms with Crippen molar-refractivity contribution in [3.8, 4) is 6.07 Å². The maximum absolute atomic E-state index is 9.67. The lowest BCUT2D eigenvalue weighted by molar-refractivity contribution is 0.0100. The Morgan fingerprint density at radius 2 is 2.00 bits per heavy atom. The second kappa shape index (κ2) is 1.96. The molecule has 1 unspecified atom stereocenters. The lowest BCUT2D eigenvalue weighted by Gasteiger charge is -2.29. The lowest BCUT2D eigenvalue weighted by Crippen LogP contribution is -2.37. The van der Waals surface area contributed by atoms with E-state index in [2.05, 4.69) is 0 Å². The van der Waals surface area contributed by atoms with E-state index in [-0.39, 0.29) is 5.41 Å². The first-order valence-electron chi connectivity index (χ1n) is 3.65. The number of hydrogen-bond acceptors (Lipinski definition) is 2. The topological polar surface area (TPSA) is 44.0 Å². The molecule has 0 radical (unpaired) electrons. The van der Waals surface area contributed by atoms with Crippen LogP contribution in [0.1, 0.15) is 33.1 Å². The fourth-order valence-electron chi connectivity index (χ4n) is 1.54. The molecule has 1 N–H and O–H groups in total. The van der Waals surface area contributed by atoms with Crippen molar-refractivity contribution in [1.29, 1.82) is 5.26 Å². The van der Waals surface area contributed by atoms with Crippen molar-refractivity contribution in [2.45, 2.75) is 38.7 Å². The fraction of sp³-hybridized carbons (Fsp3) is 0.875. The Morgan fingerprint density at radius 1 is 1.40 bits per heavy atom. The van der Waals surface area contributed by atoms with Gasteiger partial charge in [0.2, 0.25) is 0 Å². The molecular weight excluding hydrogens is 126 g/mol. The second-order valence-electron chi connectivity index (χ2n) is 3.71. The van der Waals surface area contributed by atoms with E-state index in [1.165, 1.54) is 0 Å². The number of nitrogens with zero attached hydrogens (tertiary/aromatic N) is 1. The van der Waals surface area contributed by atoms with Crippen molar-refractivity contribution in [2.24, 2.45) is 5.41 Å². The quantitative estimate of drug-likeness (QED) is 0.516. The Balaban J connectivity index is 2.89. The van der Waals surface area contributed by atoms with Crippen LogP contribution >= 0.6 is 0 Å². The van der Waals surface area contributed by atoms with E-state index in [0.29, 0.717) is 6.42 Å². The highest BCUT2D eigenvalue weighted by molar-refractivity contribution is 5.12. The zero-order chi connectivity index (χ0) is 7.83. The van der Waals surface area contributed by atoms with E-state index in [1.807, 2.05) is 19.9 Å². The molecule has 1 fully saturated rings. The SMILES string of the molecule is CC1(C)CCCC1(O)C#N. The molecule has 0 aliphatic heterocycles. The van der Waals surface area contributed by atoms with Gasteiger partial charge < -0.3 is 5.11 Å². The predicted octanol–water partition coefficient (Wildman–Crippen LogP) is 1.45. The van der Waals surface area contributed by atoms with Gasteiger partial charge in [-0.05, 0) is 19.3 Å². The summed E-state index contributed by atoms with van der Waals surface area (Å²) < 4.78 is 0. The summed E-state index contributed by atoms with van der Waals surface area (Å²) in [6.45, 7) is 3.90. The van der Waals surface area contributed by atoms with E-state index in [4.69, 9.17) is 5.26 Å². The maximum Gasteiger partial charge on any atom is 0.156 e. The smallest absolute Gasteiger partial charge is 0.156 e. The van der Waals surface area contributed by atoms with Gasteiger partial charge in [0.1, 0.15) is 0 Å². The minimum absolute atomic E-state index is 0.207. The largest absolute Gasteiger partial charge is 0.375 e. The van der Waals surface area contributed by atoms with Crippen molar-refractivity contribution in [3.05, 3.63) is 0 Å². The Bertz CT molecular complexity index is 180. The second-order valence-corrected chi connectivity index (χ2v) is 3.71. The molecule has 1 aliphatic rings. The van der Waals surface area contributed by atoms with Crippen molar-refractivity contribution >= 4 is 0 Å². The molecule has 0 bridgehead atoms. The molecule has 0 spiro atoms. The third-order valence-corrected chi connectivity index (χ3v) is 2.64. The monoisotopic (exact) mass is 139 g/mol. The summed E-state index contributed by atoms with van der Waals surface area (Å²) in [5.41, 5.74) is -1.27. The highest BCUT2D eigenvalue weighted by Crippen LogP contribution is 2.45. The Hall–Kier alpha value is -0.550. The Morgan fingerprint density at radius 3 is 2.20 bits per heavy atom. The molecule has 1 saturated carbocycles. The van der Waals surface area contributed by atoms with Crippen molar-refractivity contribution in [1.82, 2.24) is 0 Å². The summed E-state index contributed by atoms with van der Waals surface area (Å²) in [6.07, 6.45) is 2.56. The summed E-state index contributed by atoms with van der Waals surface area (Å²) in [4.78, 5) is 0. The van der Waals surface area contributed by atoms with Crippen LogP contribution in [0.4, 0.5) is 0 Å². The average Bonchev–Trinajstić information content (AvgIpc) is 2.10. The highest BCUT2D eigenvalue weighted by Gasteiger charge is 2.47. The van der Waals surface area contributed by atoms with Crippen LogP contribution in [0.15, 0.2) is 0 Å². The van der Waals surface area contributed by atoms with E-state index < -0.39 is 5.60 Å². The van der Waals surface area contributed by atoms with Crippen LogP contribution in [0.25, 0.3) is 0 Å². The Labute approximate surface area is 61.5 Å². The van der Waals surface area contributed by atoms with Gasteiger partial charge in [0, 0.05) is 5.41 Å². The van der Waals surface area contributed by atoms with Gasteiger partial charge in [-0.25, -0.2) is 0 Å². The lowest BCUT2D eigenvalue weighted by atomic mass is 9.79. The number of nitriles is 1. The highest BCUT2D eigenvalue weighted by atomic mass is 16.3. The van der Waals surface area contributed by atoms with Gasteiger partial charge in [0.05, 0.1) is 6.07 Å². The molecule has 1 atom stereocenters. The van der Waals surface area contributed by atoms with Crippen molar-refractivity contribution in [3.63, 3.8) is 0 Å². The standard InChI is InChI=1S/C8H13NO/c1-7(2)4-3-5-8(7,10)6-9/h10H,3-5H2,1-2H3. The van der Waals surface area contributed by atoms with Gasteiger partial charge in [-0.2, -0.15) is 5.26 Å². The number of aliphatic hydroxyl groups is 1. The van der Waals surface area contributed by atoms with E-state index >= 15 is 0 Å². The molecule has 1 rings (SSSR count). The normalized spacial score (nSPS) is 37.4. The molecule has 0 heterocycles. The fourth-order valence-corrected chi connectivity index (χ4v) is 1.54. The first-order valence-corrected chi connectivity index (χ1v) is 3.65. The molecule has 0 amide bonds. The van der Waals surface area contributed by atoms with Crippen molar-refractivity contribution in [2.75, 3.05) is 0 Å². The first kappa shape index (κ1) is 7.56. The third-order valence-electron chi connectivity index (χ3n) is 2.64. The van der Waals surface area contributed by atoms with Gasteiger partial charge in [-0.15, -0.1) is 0 Å².